The molecule has 3 nitrogen and oxygen atoms in total. The molecule has 0 fully saturated rings. The van der Waals surface area contributed by atoms with E-state index in [0.717, 1.165) is 11.1 Å². The van der Waals surface area contributed by atoms with E-state index >= 15 is 0 Å². The van der Waals surface area contributed by atoms with Crippen LogP contribution in [0.2, 0.25) is 0 Å². The number of rotatable bonds is 4. The van der Waals surface area contributed by atoms with Crippen molar-refractivity contribution in [2.75, 3.05) is 6.54 Å². The zero-order valence-electron chi connectivity index (χ0n) is 10.5. The maximum atomic E-state index is 12.9. The van der Waals surface area contributed by atoms with Crippen LogP contribution in [0.1, 0.15) is 25.0 Å². The van der Waals surface area contributed by atoms with E-state index < -0.39 is 5.54 Å². The third kappa shape index (κ3) is 4.15. The van der Waals surface area contributed by atoms with E-state index in [1.54, 1.807) is 19.9 Å². The summed E-state index contributed by atoms with van der Waals surface area (Å²) in [6, 6.07) is 4.66. The van der Waals surface area contributed by atoms with Gasteiger partial charge >= 0.3 is 0 Å². The first kappa shape index (κ1) is 13.6. The number of nitrogens with one attached hydrogen (secondary N) is 1. The number of carbonyl (C=O) groups is 1. The van der Waals surface area contributed by atoms with Crippen molar-refractivity contribution in [1.82, 2.24) is 5.32 Å². The summed E-state index contributed by atoms with van der Waals surface area (Å²) in [5.41, 5.74) is 6.71. The van der Waals surface area contributed by atoms with Crippen LogP contribution in [-0.4, -0.2) is 18.0 Å². The number of hydrogen-bond donors (Lipinski definition) is 2. The van der Waals surface area contributed by atoms with Gasteiger partial charge < -0.3 is 11.1 Å². The second kappa shape index (κ2) is 5.27. The van der Waals surface area contributed by atoms with Gasteiger partial charge in [-0.2, -0.15) is 0 Å². The lowest BCUT2D eigenvalue weighted by atomic mass is 10.0. The summed E-state index contributed by atoms with van der Waals surface area (Å²) in [6.07, 6.45) is 0.675. The fraction of sp³-hybridized carbons (Fsp3) is 0.462. The molecule has 0 aliphatic rings. The topological polar surface area (TPSA) is 55.1 Å². The van der Waals surface area contributed by atoms with E-state index in [-0.39, 0.29) is 11.7 Å². The lowest BCUT2D eigenvalue weighted by molar-refractivity contribution is -0.125. The molecule has 1 amide bonds. The second-order valence-electron chi connectivity index (χ2n) is 4.80. The number of benzene rings is 1. The van der Waals surface area contributed by atoms with Crippen LogP contribution in [0.3, 0.4) is 0 Å². The Bertz CT molecular complexity index is 410. The van der Waals surface area contributed by atoms with Crippen LogP contribution in [0.5, 0.6) is 0 Å². The number of carbonyl (C=O) groups excluding carboxylic acids is 1. The van der Waals surface area contributed by atoms with Gasteiger partial charge in [0.15, 0.2) is 0 Å². The van der Waals surface area contributed by atoms with Gasteiger partial charge in [-0.3, -0.25) is 4.79 Å². The van der Waals surface area contributed by atoms with Gasteiger partial charge in [0.05, 0.1) is 5.54 Å². The average Bonchev–Trinajstić information content (AvgIpc) is 2.19. The second-order valence-corrected chi connectivity index (χ2v) is 4.80. The predicted octanol–water partition coefficient (Wildman–Crippen LogP) is 1.53. The molecule has 0 saturated heterocycles. The first-order valence-corrected chi connectivity index (χ1v) is 5.63. The molecule has 0 aliphatic carbocycles. The van der Waals surface area contributed by atoms with Crippen LogP contribution in [0, 0.1) is 12.7 Å². The molecule has 0 spiro atoms. The van der Waals surface area contributed by atoms with Crippen molar-refractivity contribution in [3.8, 4) is 0 Å². The molecule has 94 valence electrons. The standard InChI is InChI=1S/C13H19FN2O/c1-9-8-11(14)5-4-10(9)6-7-16-12(17)13(2,3)15/h4-5,8H,6-7,15H2,1-3H3,(H,16,17). The minimum Gasteiger partial charge on any atom is -0.354 e. The van der Waals surface area contributed by atoms with Crippen molar-refractivity contribution in [2.45, 2.75) is 32.7 Å². The predicted molar refractivity (Wildman–Crippen MR) is 66.1 cm³/mol. The summed E-state index contributed by atoms with van der Waals surface area (Å²) in [5, 5.41) is 2.76. The van der Waals surface area contributed by atoms with Crippen LogP contribution in [0.4, 0.5) is 4.39 Å². The molecule has 0 unspecified atom stereocenters. The smallest absolute Gasteiger partial charge is 0.239 e. The zero-order chi connectivity index (χ0) is 13.1. The minimum atomic E-state index is -0.863. The average molecular weight is 238 g/mol. The highest BCUT2D eigenvalue weighted by atomic mass is 19.1. The SMILES string of the molecule is Cc1cc(F)ccc1CCNC(=O)C(C)(C)N. The van der Waals surface area contributed by atoms with Crippen molar-refractivity contribution in [3.05, 3.63) is 35.1 Å². The van der Waals surface area contributed by atoms with Gasteiger partial charge in [0.25, 0.3) is 0 Å². The molecular weight excluding hydrogens is 219 g/mol. The van der Waals surface area contributed by atoms with Gasteiger partial charge in [-0.25, -0.2) is 4.39 Å². The Morgan fingerprint density at radius 3 is 2.65 bits per heavy atom. The zero-order valence-corrected chi connectivity index (χ0v) is 10.5. The molecule has 0 atom stereocenters. The third-order valence-corrected chi connectivity index (χ3v) is 2.57. The maximum Gasteiger partial charge on any atom is 0.239 e. The number of halogens is 1. The first-order chi connectivity index (χ1) is 7.80. The summed E-state index contributed by atoms with van der Waals surface area (Å²) in [5.74, 6) is -0.421. The molecule has 0 bridgehead atoms. The maximum absolute atomic E-state index is 12.9. The fourth-order valence-electron chi connectivity index (χ4n) is 1.48. The van der Waals surface area contributed by atoms with Gasteiger partial charge in [-0.15, -0.1) is 0 Å². The summed E-state index contributed by atoms with van der Waals surface area (Å²) in [6.45, 7) is 5.68. The van der Waals surface area contributed by atoms with Crippen molar-refractivity contribution >= 4 is 5.91 Å². The van der Waals surface area contributed by atoms with Crippen LogP contribution >= 0.6 is 0 Å². The van der Waals surface area contributed by atoms with Gasteiger partial charge in [0.1, 0.15) is 5.82 Å². The number of amides is 1. The minimum absolute atomic E-state index is 0.183. The third-order valence-electron chi connectivity index (χ3n) is 2.57. The highest BCUT2D eigenvalue weighted by molar-refractivity contribution is 5.84. The molecule has 0 radical (unpaired) electrons. The molecule has 0 saturated carbocycles. The number of hydrogen-bond acceptors (Lipinski definition) is 2. The van der Waals surface area contributed by atoms with E-state index in [4.69, 9.17) is 5.73 Å². The Kier molecular flexibility index (Phi) is 4.23. The number of aryl methyl sites for hydroxylation is 1. The van der Waals surface area contributed by atoms with Crippen LogP contribution in [0.15, 0.2) is 18.2 Å². The summed E-state index contributed by atoms with van der Waals surface area (Å²) in [7, 11) is 0. The molecule has 0 aliphatic heterocycles. The van der Waals surface area contributed by atoms with Crippen molar-refractivity contribution in [3.63, 3.8) is 0 Å². The van der Waals surface area contributed by atoms with Crippen LogP contribution in [-0.2, 0) is 11.2 Å². The van der Waals surface area contributed by atoms with Gasteiger partial charge in [-0.1, -0.05) is 6.07 Å². The van der Waals surface area contributed by atoms with Crippen LogP contribution in [0.25, 0.3) is 0 Å². The quantitative estimate of drug-likeness (QED) is 0.835. The molecule has 1 rings (SSSR count). The normalized spacial score (nSPS) is 11.4. The molecule has 4 heteroatoms. The van der Waals surface area contributed by atoms with Crippen molar-refractivity contribution in [2.24, 2.45) is 5.73 Å². The summed E-state index contributed by atoms with van der Waals surface area (Å²) in [4.78, 5) is 11.5. The van der Waals surface area contributed by atoms with E-state index in [1.165, 1.54) is 12.1 Å². The molecule has 1 aromatic carbocycles. The Hall–Kier alpha value is -1.42. The number of nitrogens with two attached hydrogens (primary N) is 1. The highest BCUT2D eigenvalue weighted by Crippen LogP contribution is 2.10. The lowest BCUT2D eigenvalue weighted by Gasteiger charge is -2.17. The summed E-state index contributed by atoms with van der Waals surface area (Å²) >= 11 is 0. The molecule has 3 N–H and O–H groups in total. The Balaban J connectivity index is 2.49. The first-order valence-electron chi connectivity index (χ1n) is 5.63. The molecule has 1 aromatic rings. The van der Waals surface area contributed by atoms with Gasteiger partial charge in [-0.05, 0) is 50.5 Å². The fourth-order valence-corrected chi connectivity index (χ4v) is 1.48. The lowest BCUT2D eigenvalue weighted by Crippen LogP contribution is -2.49. The monoisotopic (exact) mass is 238 g/mol. The molecule has 0 heterocycles. The van der Waals surface area contributed by atoms with E-state index in [1.807, 2.05) is 6.92 Å². The van der Waals surface area contributed by atoms with E-state index in [9.17, 15) is 9.18 Å². The summed E-state index contributed by atoms with van der Waals surface area (Å²) < 4.78 is 12.9. The largest absolute Gasteiger partial charge is 0.354 e. The van der Waals surface area contributed by atoms with Crippen LogP contribution < -0.4 is 11.1 Å². The Morgan fingerprint density at radius 1 is 1.47 bits per heavy atom. The molecular formula is C13H19FN2O. The van der Waals surface area contributed by atoms with Gasteiger partial charge in [0.2, 0.25) is 5.91 Å². The Labute approximate surface area is 101 Å². The van der Waals surface area contributed by atoms with Gasteiger partial charge in [0, 0.05) is 6.54 Å². The van der Waals surface area contributed by atoms with Crippen molar-refractivity contribution in [1.29, 1.82) is 0 Å². The van der Waals surface area contributed by atoms with Crippen molar-refractivity contribution < 1.29 is 9.18 Å². The van der Waals surface area contributed by atoms with E-state index in [0.29, 0.717) is 13.0 Å². The van der Waals surface area contributed by atoms with E-state index in [2.05, 4.69) is 5.32 Å². The molecule has 0 aromatic heterocycles. The highest BCUT2D eigenvalue weighted by Gasteiger charge is 2.20. The molecule has 17 heavy (non-hydrogen) atoms. The Morgan fingerprint density at radius 2 is 2.12 bits per heavy atom.